The van der Waals surface area contributed by atoms with E-state index < -0.39 is 0 Å². The molecule has 0 N–H and O–H groups in total. The minimum absolute atomic E-state index is 0.0197. The second-order valence-corrected chi connectivity index (χ2v) is 8.82. The lowest BCUT2D eigenvalue weighted by molar-refractivity contribution is 0.0224. The van der Waals surface area contributed by atoms with Gasteiger partial charge in [0.25, 0.3) is 5.91 Å². The summed E-state index contributed by atoms with van der Waals surface area (Å²) in [5.41, 5.74) is 1.23. The Morgan fingerprint density at radius 1 is 1.48 bits per heavy atom. The number of likely N-dealkylation sites (tertiary alicyclic amines) is 1. The number of rotatable bonds is 5. The first kappa shape index (κ1) is 15.6. The molecule has 2 atom stereocenters. The van der Waals surface area contributed by atoms with E-state index in [-0.39, 0.29) is 11.3 Å². The first-order chi connectivity index (χ1) is 11.1. The van der Waals surface area contributed by atoms with Crippen LogP contribution in [0.5, 0.6) is 0 Å². The Balaban J connectivity index is 1.44. The Bertz CT molecular complexity index is 590. The minimum atomic E-state index is 0.0197. The summed E-state index contributed by atoms with van der Waals surface area (Å²) in [6, 6.07) is 2.03. The van der Waals surface area contributed by atoms with Gasteiger partial charge in [-0.15, -0.1) is 11.3 Å². The van der Waals surface area contributed by atoms with Gasteiger partial charge in [0, 0.05) is 35.9 Å². The third-order valence-electron chi connectivity index (χ3n) is 5.63. The number of carbonyl (C=O) groups is 1. The summed E-state index contributed by atoms with van der Waals surface area (Å²) in [5.74, 6) is 1.39. The van der Waals surface area contributed by atoms with Crippen molar-refractivity contribution < 1.29 is 14.3 Å². The van der Waals surface area contributed by atoms with Gasteiger partial charge in [-0.2, -0.15) is 0 Å². The lowest BCUT2D eigenvalue weighted by Crippen LogP contribution is -2.37. The van der Waals surface area contributed by atoms with Gasteiger partial charge in [-0.3, -0.25) is 4.79 Å². The topological polar surface area (TPSA) is 38.8 Å². The van der Waals surface area contributed by atoms with Crippen molar-refractivity contribution in [1.29, 1.82) is 0 Å². The molecule has 1 amide bonds. The number of hydrogen-bond acceptors (Lipinski definition) is 4. The molecule has 0 spiro atoms. The molecule has 2 aliphatic heterocycles. The number of carbonyl (C=O) groups excluding carboxylic acids is 1. The van der Waals surface area contributed by atoms with Gasteiger partial charge in [0.2, 0.25) is 0 Å². The van der Waals surface area contributed by atoms with E-state index in [1.165, 1.54) is 23.3 Å². The number of ether oxygens (including phenoxy) is 2. The van der Waals surface area contributed by atoms with Crippen molar-refractivity contribution >= 4 is 17.2 Å². The van der Waals surface area contributed by atoms with Gasteiger partial charge in [0.15, 0.2) is 0 Å². The maximum atomic E-state index is 12.8. The maximum absolute atomic E-state index is 12.8. The SMILES string of the molecule is Cc1cc(C(=O)N2C[C@@H]3COC[C@]3(COCC3CC3)C2)sc1C. The van der Waals surface area contributed by atoms with Crippen molar-refractivity contribution in [3.8, 4) is 0 Å². The second-order valence-electron chi connectivity index (χ2n) is 7.57. The second kappa shape index (κ2) is 5.87. The summed E-state index contributed by atoms with van der Waals surface area (Å²) in [5, 5.41) is 0. The Morgan fingerprint density at radius 2 is 2.30 bits per heavy atom. The fraction of sp³-hybridized carbons (Fsp3) is 0.722. The first-order valence-corrected chi connectivity index (χ1v) is 9.41. The quantitative estimate of drug-likeness (QED) is 0.830. The van der Waals surface area contributed by atoms with Crippen molar-refractivity contribution in [2.75, 3.05) is 39.5 Å². The molecular weight excluding hydrogens is 310 g/mol. The Hall–Kier alpha value is -0.910. The van der Waals surface area contributed by atoms with Crippen LogP contribution in [0.15, 0.2) is 6.07 Å². The standard InChI is InChI=1S/C18H25NO3S/c1-12-5-16(23-13(12)2)17(20)19-6-15-8-22-11-18(15,9-19)10-21-7-14-3-4-14/h5,14-15H,3-4,6-11H2,1-2H3/t15-,18-/m1/s1. The number of fused-ring (bicyclic) bond motifs is 1. The van der Waals surface area contributed by atoms with Crippen LogP contribution in [0.25, 0.3) is 0 Å². The van der Waals surface area contributed by atoms with E-state index in [2.05, 4.69) is 13.8 Å². The van der Waals surface area contributed by atoms with E-state index in [0.717, 1.165) is 50.3 Å². The Morgan fingerprint density at radius 3 is 3.00 bits per heavy atom. The van der Waals surface area contributed by atoms with Gasteiger partial charge < -0.3 is 14.4 Å². The molecule has 0 unspecified atom stereocenters. The highest BCUT2D eigenvalue weighted by molar-refractivity contribution is 7.14. The van der Waals surface area contributed by atoms with Crippen LogP contribution >= 0.6 is 11.3 Å². The van der Waals surface area contributed by atoms with Crippen LogP contribution in [0.3, 0.4) is 0 Å². The molecule has 126 valence electrons. The molecule has 1 aliphatic carbocycles. The summed E-state index contributed by atoms with van der Waals surface area (Å²) in [6.45, 7) is 8.84. The van der Waals surface area contributed by atoms with Gasteiger partial charge >= 0.3 is 0 Å². The van der Waals surface area contributed by atoms with E-state index in [1.54, 1.807) is 11.3 Å². The molecule has 1 aromatic heterocycles. The van der Waals surface area contributed by atoms with Gasteiger partial charge in [-0.05, 0) is 44.2 Å². The highest BCUT2D eigenvalue weighted by atomic mass is 32.1. The summed E-state index contributed by atoms with van der Waals surface area (Å²) in [6.07, 6.45) is 2.63. The van der Waals surface area contributed by atoms with Gasteiger partial charge in [0.05, 0.1) is 24.7 Å². The highest BCUT2D eigenvalue weighted by Gasteiger charge is 2.52. The van der Waals surface area contributed by atoms with Crippen LogP contribution in [-0.2, 0) is 9.47 Å². The minimum Gasteiger partial charge on any atom is -0.380 e. The molecular formula is C18H25NO3S. The van der Waals surface area contributed by atoms with Crippen molar-refractivity contribution in [2.24, 2.45) is 17.3 Å². The van der Waals surface area contributed by atoms with Crippen molar-refractivity contribution in [1.82, 2.24) is 4.90 Å². The Labute approximate surface area is 141 Å². The average molecular weight is 335 g/mol. The molecule has 0 aromatic carbocycles. The summed E-state index contributed by atoms with van der Waals surface area (Å²) in [7, 11) is 0. The van der Waals surface area contributed by atoms with Crippen LogP contribution in [0.1, 0.15) is 33.0 Å². The smallest absolute Gasteiger partial charge is 0.263 e. The monoisotopic (exact) mass is 335 g/mol. The number of aryl methyl sites for hydroxylation is 2. The fourth-order valence-corrected chi connectivity index (χ4v) is 4.74. The van der Waals surface area contributed by atoms with E-state index in [1.807, 2.05) is 11.0 Å². The zero-order valence-electron chi connectivity index (χ0n) is 14.0. The van der Waals surface area contributed by atoms with E-state index in [0.29, 0.717) is 5.92 Å². The molecule has 5 heteroatoms. The maximum Gasteiger partial charge on any atom is 0.263 e. The van der Waals surface area contributed by atoms with E-state index in [4.69, 9.17) is 9.47 Å². The molecule has 23 heavy (non-hydrogen) atoms. The predicted molar refractivity (Wildman–Crippen MR) is 90.0 cm³/mol. The number of thiophene rings is 1. The zero-order chi connectivity index (χ0) is 16.0. The van der Waals surface area contributed by atoms with Crippen molar-refractivity contribution in [3.63, 3.8) is 0 Å². The zero-order valence-corrected chi connectivity index (χ0v) is 14.8. The molecule has 4 rings (SSSR count). The molecule has 3 aliphatic rings. The first-order valence-electron chi connectivity index (χ1n) is 8.59. The van der Waals surface area contributed by atoms with Gasteiger partial charge in [-0.1, -0.05) is 0 Å². The molecule has 3 fully saturated rings. The molecule has 0 radical (unpaired) electrons. The molecule has 3 heterocycles. The Kier molecular flexibility index (Phi) is 3.98. The van der Waals surface area contributed by atoms with Crippen LogP contribution in [0.4, 0.5) is 0 Å². The largest absolute Gasteiger partial charge is 0.380 e. The van der Waals surface area contributed by atoms with E-state index in [9.17, 15) is 4.79 Å². The lowest BCUT2D eigenvalue weighted by Gasteiger charge is -2.26. The highest BCUT2D eigenvalue weighted by Crippen LogP contribution is 2.43. The number of hydrogen-bond donors (Lipinski definition) is 0. The van der Waals surface area contributed by atoms with Crippen LogP contribution in [0.2, 0.25) is 0 Å². The molecule has 1 aromatic rings. The van der Waals surface area contributed by atoms with Crippen LogP contribution in [-0.4, -0.2) is 50.3 Å². The van der Waals surface area contributed by atoms with Crippen LogP contribution < -0.4 is 0 Å². The van der Waals surface area contributed by atoms with Gasteiger partial charge in [0.1, 0.15) is 0 Å². The summed E-state index contributed by atoms with van der Waals surface area (Å²) >= 11 is 1.61. The number of nitrogens with zero attached hydrogens (tertiary/aromatic N) is 1. The molecule has 2 saturated heterocycles. The third-order valence-corrected chi connectivity index (χ3v) is 6.77. The fourth-order valence-electron chi connectivity index (χ4n) is 3.74. The summed E-state index contributed by atoms with van der Waals surface area (Å²) in [4.78, 5) is 17.0. The lowest BCUT2D eigenvalue weighted by atomic mass is 9.82. The normalized spacial score (nSPS) is 30.0. The molecule has 0 bridgehead atoms. The van der Waals surface area contributed by atoms with E-state index >= 15 is 0 Å². The third kappa shape index (κ3) is 2.94. The van der Waals surface area contributed by atoms with Crippen molar-refractivity contribution in [3.05, 3.63) is 21.4 Å². The summed E-state index contributed by atoms with van der Waals surface area (Å²) < 4.78 is 11.7. The van der Waals surface area contributed by atoms with Crippen molar-refractivity contribution in [2.45, 2.75) is 26.7 Å². The predicted octanol–water partition coefficient (Wildman–Crippen LogP) is 2.88. The average Bonchev–Trinajstić information content (AvgIpc) is 3.01. The van der Waals surface area contributed by atoms with Crippen LogP contribution in [0, 0.1) is 31.1 Å². The molecule has 1 saturated carbocycles. The van der Waals surface area contributed by atoms with Gasteiger partial charge in [-0.25, -0.2) is 0 Å². The molecule has 4 nitrogen and oxygen atoms in total. The number of amides is 1.